The molecule has 0 spiro atoms. The van der Waals surface area contributed by atoms with Crippen molar-refractivity contribution in [2.75, 3.05) is 0 Å². The van der Waals surface area contributed by atoms with Crippen LogP contribution in [-0.2, 0) is 0 Å². The Labute approximate surface area is 118 Å². The fourth-order valence-electron chi connectivity index (χ4n) is 2.06. The lowest BCUT2D eigenvalue weighted by atomic mass is 9.98. The van der Waals surface area contributed by atoms with Gasteiger partial charge in [0.15, 0.2) is 5.69 Å². The molecule has 0 bridgehead atoms. The molecular weight excluding hydrogens is 252 g/mol. The number of amidine groups is 1. The van der Waals surface area contributed by atoms with Crippen LogP contribution in [0, 0.1) is 12.3 Å². The zero-order valence-electron chi connectivity index (χ0n) is 11.8. The van der Waals surface area contributed by atoms with Crippen LogP contribution in [0.3, 0.4) is 0 Å². The number of hydrogen-bond donors (Lipinski definition) is 2. The van der Waals surface area contributed by atoms with Crippen molar-refractivity contribution in [3.05, 3.63) is 47.4 Å². The van der Waals surface area contributed by atoms with Crippen LogP contribution < -0.4 is 10.5 Å². The Hall–Kier alpha value is -2.43. The molecule has 104 valence electrons. The molecule has 0 aliphatic rings. The molecule has 0 saturated carbocycles. The lowest BCUT2D eigenvalue weighted by Crippen LogP contribution is -2.15. The molecule has 0 atom stereocenters. The molecule has 2 rings (SSSR count). The van der Waals surface area contributed by atoms with E-state index in [9.17, 15) is 0 Å². The van der Waals surface area contributed by atoms with Crippen molar-refractivity contribution in [1.82, 2.24) is 9.97 Å². The first-order valence-corrected chi connectivity index (χ1v) is 6.43. The molecule has 0 aliphatic heterocycles. The number of nitrogens with one attached hydrogen (secondary N) is 1. The summed E-state index contributed by atoms with van der Waals surface area (Å²) in [5.41, 5.74) is 8.15. The Bertz CT molecular complexity index is 638. The molecule has 3 N–H and O–H groups in total. The van der Waals surface area contributed by atoms with Gasteiger partial charge in [0.1, 0.15) is 11.6 Å². The second kappa shape index (κ2) is 5.69. The molecule has 20 heavy (non-hydrogen) atoms. The predicted molar refractivity (Wildman–Crippen MR) is 78.4 cm³/mol. The van der Waals surface area contributed by atoms with Crippen LogP contribution in [-0.4, -0.2) is 15.8 Å². The maximum Gasteiger partial charge on any atom is 0.249 e. The van der Waals surface area contributed by atoms with Crippen LogP contribution in [0.1, 0.15) is 36.6 Å². The lowest BCUT2D eigenvalue weighted by Gasteiger charge is -2.12. The van der Waals surface area contributed by atoms with Crippen molar-refractivity contribution < 1.29 is 4.74 Å². The molecule has 0 unspecified atom stereocenters. The quantitative estimate of drug-likeness (QED) is 0.660. The van der Waals surface area contributed by atoms with Gasteiger partial charge in [0.2, 0.25) is 5.88 Å². The number of nitrogens with two attached hydrogens (primary N) is 1. The molecule has 2 aromatic rings. The van der Waals surface area contributed by atoms with Crippen molar-refractivity contribution in [3.63, 3.8) is 0 Å². The Morgan fingerprint density at radius 1 is 1.25 bits per heavy atom. The number of aromatic nitrogens is 2. The SMILES string of the molecule is Cc1cc(Oc2nccnc2C(=N)N)ccc1C(C)C. The number of hydrogen-bond acceptors (Lipinski definition) is 4. The number of aryl methyl sites for hydroxylation is 1. The second-order valence-corrected chi connectivity index (χ2v) is 4.90. The summed E-state index contributed by atoms with van der Waals surface area (Å²) in [7, 11) is 0. The Balaban J connectivity index is 2.31. The van der Waals surface area contributed by atoms with Crippen molar-refractivity contribution in [3.8, 4) is 11.6 Å². The molecule has 0 aliphatic carbocycles. The van der Waals surface area contributed by atoms with E-state index < -0.39 is 0 Å². The van der Waals surface area contributed by atoms with Gasteiger partial charge in [-0.05, 0) is 36.1 Å². The molecule has 0 fully saturated rings. The first-order chi connectivity index (χ1) is 9.49. The molecule has 1 aromatic carbocycles. The van der Waals surface area contributed by atoms with Gasteiger partial charge < -0.3 is 10.5 Å². The standard InChI is InChI=1S/C15H18N4O/c1-9(2)12-5-4-11(8-10(12)3)20-15-13(14(16)17)18-6-7-19-15/h4-9H,1-3H3,(H3,16,17). The van der Waals surface area contributed by atoms with Crippen LogP contribution in [0.5, 0.6) is 11.6 Å². The van der Waals surface area contributed by atoms with Crippen LogP contribution in [0.15, 0.2) is 30.6 Å². The molecule has 5 nitrogen and oxygen atoms in total. The lowest BCUT2D eigenvalue weighted by molar-refractivity contribution is 0.458. The van der Waals surface area contributed by atoms with Gasteiger partial charge in [-0.2, -0.15) is 0 Å². The Morgan fingerprint density at radius 3 is 2.55 bits per heavy atom. The highest BCUT2D eigenvalue weighted by Gasteiger charge is 2.11. The summed E-state index contributed by atoms with van der Waals surface area (Å²) in [6.45, 7) is 6.35. The normalized spacial score (nSPS) is 10.6. The highest BCUT2D eigenvalue weighted by atomic mass is 16.5. The summed E-state index contributed by atoms with van der Waals surface area (Å²) in [6.07, 6.45) is 2.99. The minimum Gasteiger partial charge on any atom is -0.437 e. The fourth-order valence-corrected chi connectivity index (χ4v) is 2.06. The van der Waals surface area contributed by atoms with Crippen molar-refractivity contribution >= 4 is 5.84 Å². The molecule has 5 heteroatoms. The first kappa shape index (κ1) is 14.0. The average Bonchev–Trinajstić information content (AvgIpc) is 2.38. The van der Waals surface area contributed by atoms with E-state index in [-0.39, 0.29) is 17.4 Å². The van der Waals surface area contributed by atoms with Gasteiger partial charge in [-0.3, -0.25) is 5.41 Å². The van der Waals surface area contributed by atoms with Crippen LogP contribution in [0.4, 0.5) is 0 Å². The molecule has 0 amide bonds. The summed E-state index contributed by atoms with van der Waals surface area (Å²) < 4.78 is 5.69. The van der Waals surface area contributed by atoms with Gasteiger partial charge in [0.25, 0.3) is 0 Å². The van der Waals surface area contributed by atoms with E-state index in [1.54, 1.807) is 0 Å². The van der Waals surface area contributed by atoms with E-state index in [4.69, 9.17) is 15.9 Å². The van der Waals surface area contributed by atoms with E-state index in [1.807, 2.05) is 25.1 Å². The molecular formula is C15H18N4O. The molecule has 1 aromatic heterocycles. The van der Waals surface area contributed by atoms with E-state index in [2.05, 4.69) is 23.8 Å². The third-order valence-electron chi connectivity index (χ3n) is 3.00. The number of ether oxygens (including phenoxy) is 1. The summed E-state index contributed by atoms with van der Waals surface area (Å²) in [5, 5.41) is 7.47. The van der Waals surface area contributed by atoms with Crippen molar-refractivity contribution in [2.45, 2.75) is 26.7 Å². The van der Waals surface area contributed by atoms with Crippen LogP contribution >= 0.6 is 0 Å². The number of nitrogens with zero attached hydrogens (tertiary/aromatic N) is 2. The highest BCUT2D eigenvalue weighted by Crippen LogP contribution is 2.27. The maximum atomic E-state index is 7.47. The van der Waals surface area contributed by atoms with Gasteiger partial charge in [-0.1, -0.05) is 19.9 Å². The van der Waals surface area contributed by atoms with Gasteiger partial charge in [-0.25, -0.2) is 9.97 Å². The molecule has 1 heterocycles. The largest absolute Gasteiger partial charge is 0.437 e. The molecule has 0 radical (unpaired) electrons. The fraction of sp³-hybridized carbons (Fsp3) is 0.267. The predicted octanol–water partition coefficient (Wildman–Crippen LogP) is 2.98. The van der Waals surface area contributed by atoms with E-state index in [0.717, 1.165) is 5.56 Å². The second-order valence-electron chi connectivity index (χ2n) is 4.90. The Morgan fingerprint density at radius 2 is 1.95 bits per heavy atom. The smallest absolute Gasteiger partial charge is 0.249 e. The van der Waals surface area contributed by atoms with Gasteiger partial charge in [-0.15, -0.1) is 0 Å². The zero-order chi connectivity index (χ0) is 14.7. The first-order valence-electron chi connectivity index (χ1n) is 6.43. The van der Waals surface area contributed by atoms with Gasteiger partial charge in [0, 0.05) is 12.4 Å². The highest BCUT2D eigenvalue weighted by molar-refractivity contribution is 5.95. The van der Waals surface area contributed by atoms with Crippen LogP contribution in [0.2, 0.25) is 0 Å². The van der Waals surface area contributed by atoms with E-state index in [1.165, 1.54) is 18.0 Å². The molecule has 0 saturated heterocycles. The maximum absolute atomic E-state index is 7.47. The zero-order valence-corrected chi connectivity index (χ0v) is 11.8. The van der Waals surface area contributed by atoms with Crippen molar-refractivity contribution in [1.29, 1.82) is 5.41 Å². The summed E-state index contributed by atoms with van der Waals surface area (Å²) >= 11 is 0. The van der Waals surface area contributed by atoms with Gasteiger partial charge >= 0.3 is 0 Å². The van der Waals surface area contributed by atoms with Crippen LogP contribution in [0.25, 0.3) is 0 Å². The monoisotopic (exact) mass is 270 g/mol. The third-order valence-corrected chi connectivity index (χ3v) is 3.00. The summed E-state index contributed by atoms with van der Waals surface area (Å²) in [5.74, 6) is 1.21. The minimum absolute atomic E-state index is 0.163. The topological polar surface area (TPSA) is 84.9 Å². The van der Waals surface area contributed by atoms with Gasteiger partial charge in [0.05, 0.1) is 0 Å². The third kappa shape index (κ3) is 2.93. The van der Waals surface area contributed by atoms with Crippen molar-refractivity contribution in [2.24, 2.45) is 5.73 Å². The van der Waals surface area contributed by atoms with E-state index in [0.29, 0.717) is 11.7 Å². The summed E-state index contributed by atoms with van der Waals surface area (Å²) in [4.78, 5) is 8.08. The minimum atomic E-state index is -0.163. The number of benzene rings is 1. The van der Waals surface area contributed by atoms with E-state index >= 15 is 0 Å². The number of nitrogen functional groups attached to an aromatic ring is 1. The summed E-state index contributed by atoms with van der Waals surface area (Å²) in [6, 6.07) is 5.88. The average molecular weight is 270 g/mol. The Kier molecular flexibility index (Phi) is 3.98. The number of rotatable bonds is 4.